The van der Waals surface area contributed by atoms with Gasteiger partial charge in [-0.3, -0.25) is 9.80 Å². The molecule has 1 heterocycles. The average molecular weight is 352 g/mol. The van der Waals surface area contributed by atoms with Crippen molar-refractivity contribution in [1.82, 2.24) is 9.80 Å². The van der Waals surface area contributed by atoms with Gasteiger partial charge in [-0.1, -0.05) is 28.1 Å². The Morgan fingerprint density at radius 2 is 2.19 bits per heavy atom. The van der Waals surface area contributed by atoms with Crippen LogP contribution < -0.4 is 5.73 Å². The number of nitrogens with two attached hydrogens (primary N) is 1. The van der Waals surface area contributed by atoms with Gasteiger partial charge in [0, 0.05) is 41.7 Å². The van der Waals surface area contributed by atoms with Crippen LogP contribution in [0.2, 0.25) is 0 Å². The lowest BCUT2D eigenvalue weighted by Crippen LogP contribution is -2.53. The van der Waals surface area contributed by atoms with Gasteiger partial charge in [0.15, 0.2) is 0 Å². The van der Waals surface area contributed by atoms with Gasteiger partial charge in [0.05, 0.1) is 0 Å². The molecule has 2 aliphatic rings. The van der Waals surface area contributed by atoms with Crippen molar-refractivity contribution in [3.05, 3.63) is 34.3 Å². The number of hydrogen-bond acceptors (Lipinski definition) is 3. The second-order valence-electron chi connectivity index (χ2n) is 6.87. The summed E-state index contributed by atoms with van der Waals surface area (Å²) in [4.78, 5) is 5.16. The van der Waals surface area contributed by atoms with E-state index in [2.05, 4.69) is 64.0 Å². The molecule has 2 N–H and O–H groups in total. The number of hydrogen-bond donors (Lipinski definition) is 1. The van der Waals surface area contributed by atoms with E-state index in [1.165, 1.54) is 24.8 Å². The summed E-state index contributed by atoms with van der Waals surface area (Å²) in [6.07, 6.45) is 3.94. The Kier molecular flexibility index (Phi) is 4.42. The maximum Gasteiger partial charge on any atom is 0.0473 e. The Hall–Kier alpha value is -0.420. The molecule has 3 nitrogen and oxygen atoms in total. The van der Waals surface area contributed by atoms with Crippen LogP contribution in [0.4, 0.5) is 0 Å². The van der Waals surface area contributed by atoms with Gasteiger partial charge in [-0.25, -0.2) is 0 Å². The molecule has 2 unspecified atom stereocenters. The smallest absolute Gasteiger partial charge is 0.0473 e. The summed E-state index contributed by atoms with van der Waals surface area (Å²) in [7, 11) is 2.23. The van der Waals surface area contributed by atoms with E-state index in [0.29, 0.717) is 6.04 Å². The van der Waals surface area contributed by atoms with Gasteiger partial charge >= 0.3 is 0 Å². The molecule has 4 heteroatoms. The molecule has 1 aromatic rings. The number of benzene rings is 1. The van der Waals surface area contributed by atoms with E-state index < -0.39 is 0 Å². The zero-order valence-electron chi connectivity index (χ0n) is 13.1. The molecule has 0 bridgehead atoms. The van der Waals surface area contributed by atoms with E-state index in [4.69, 9.17) is 5.73 Å². The summed E-state index contributed by atoms with van der Waals surface area (Å²) in [6.45, 7) is 5.19. The largest absolute Gasteiger partial charge is 0.329 e. The van der Waals surface area contributed by atoms with E-state index in [1.54, 1.807) is 0 Å². The third-order valence-corrected chi connectivity index (χ3v) is 5.73. The van der Waals surface area contributed by atoms with Crippen molar-refractivity contribution in [1.29, 1.82) is 0 Å². The van der Waals surface area contributed by atoms with Crippen LogP contribution in [0.25, 0.3) is 0 Å². The van der Waals surface area contributed by atoms with E-state index in [-0.39, 0.29) is 5.54 Å². The minimum atomic E-state index is 0.129. The molecule has 1 saturated carbocycles. The average Bonchev–Trinajstić information content (AvgIpc) is 3.22. The van der Waals surface area contributed by atoms with Crippen molar-refractivity contribution in [2.24, 2.45) is 5.73 Å². The molecule has 0 aromatic heterocycles. The van der Waals surface area contributed by atoms with Gasteiger partial charge in [0.25, 0.3) is 0 Å². The van der Waals surface area contributed by atoms with Crippen LogP contribution in [-0.2, 0) is 6.54 Å². The maximum absolute atomic E-state index is 6.22. The zero-order chi connectivity index (χ0) is 15.0. The highest BCUT2D eigenvalue weighted by molar-refractivity contribution is 9.10. The Morgan fingerprint density at radius 3 is 2.81 bits per heavy atom. The number of halogens is 1. The molecule has 2 atom stereocenters. The summed E-state index contributed by atoms with van der Waals surface area (Å²) < 4.78 is 1.15. The summed E-state index contributed by atoms with van der Waals surface area (Å²) in [5, 5.41) is 0. The van der Waals surface area contributed by atoms with Crippen LogP contribution in [0, 0.1) is 0 Å². The zero-order valence-corrected chi connectivity index (χ0v) is 14.6. The predicted octanol–water partition coefficient (Wildman–Crippen LogP) is 2.84. The van der Waals surface area contributed by atoms with Crippen molar-refractivity contribution in [3.8, 4) is 0 Å². The quantitative estimate of drug-likeness (QED) is 0.885. The van der Waals surface area contributed by atoms with Crippen molar-refractivity contribution >= 4 is 15.9 Å². The highest BCUT2D eigenvalue weighted by Gasteiger charge is 2.48. The lowest BCUT2D eigenvalue weighted by atomic mass is 9.94. The molecule has 0 amide bonds. The van der Waals surface area contributed by atoms with Crippen LogP contribution in [0.3, 0.4) is 0 Å². The van der Waals surface area contributed by atoms with Crippen molar-refractivity contribution in [3.63, 3.8) is 0 Å². The van der Waals surface area contributed by atoms with Crippen LogP contribution in [-0.4, -0.2) is 47.6 Å². The molecule has 1 aliphatic heterocycles. The van der Waals surface area contributed by atoms with Gasteiger partial charge in [0.2, 0.25) is 0 Å². The van der Waals surface area contributed by atoms with Crippen LogP contribution in [0.1, 0.15) is 31.7 Å². The number of nitrogens with zero attached hydrogens (tertiary/aromatic N) is 2. The Bertz CT molecular complexity index is 503. The van der Waals surface area contributed by atoms with Crippen molar-refractivity contribution < 1.29 is 0 Å². The second kappa shape index (κ2) is 5.99. The molecule has 1 aliphatic carbocycles. The molecule has 1 saturated heterocycles. The van der Waals surface area contributed by atoms with Gasteiger partial charge in [-0.05, 0) is 50.9 Å². The first-order valence-corrected chi connectivity index (χ1v) is 8.75. The molecule has 0 spiro atoms. The maximum atomic E-state index is 6.22. The van der Waals surface area contributed by atoms with Gasteiger partial charge in [-0.15, -0.1) is 0 Å². The normalized spacial score (nSPS) is 30.2. The van der Waals surface area contributed by atoms with Crippen LogP contribution in [0.5, 0.6) is 0 Å². The Balaban J connectivity index is 1.73. The van der Waals surface area contributed by atoms with E-state index >= 15 is 0 Å². The van der Waals surface area contributed by atoms with Crippen molar-refractivity contribution in [2.45, 2.75) is 50.4 Å². The van der Waals surface area contributed by atoms with Crippen LogP contribution in [0.15, 0.2) is 28.7 Å². The third-order valence-electron chi connectivity index (χ3n) is 5.23. The van der Waals surface area contributed by atoms with E-state index in [1.807, 2.05) is 0 Å². The lowest BCUT2D eigenvalue weighted by Gasteiger charge is -2.38. The third kappa shape index (κ3) is 3.19. The molecule has 3 rings (SSSR count). The van der Waals surface area contributed by atoms with Gasteiger partial charge in [-0.2, -0.15) is 0 Å². The fraction of sp³-hybridized carbons (Fsp3) is 0.647. The minimum absolute atomic E-state index is 0.129. The number of likely N-dealkylation sites (N-methyl/N-ethyl adjacent to an activating group) is 1. The topological polar surface area (TPSA) is 32.5 Å². The molecule has 2 fully saturated rings. The van der Waals surface area contributed by atoms with E-state index in [0.717, 1.165) is 30.1 Å². The Morgan fingerprint density at radius 1 is 1.43 bits per heavy atom. The molecule has 0 radical (unpaired) electrons. The van der Waals surface area contributed by atoms with Crippen molar-refractivity contribution in [2.75, 3.05) is 20.1 Å². The fourth-order valence-electron chi connectivity index (χ4n) is 3.78. The monoisotopic (exact) mass is 351 g/mol. The molecule has 21 heavy (non-hydrogen) atoms. The summed E-state index contributed by atoms with van der Waals surface area (Å²) in [5.41, 5.74) is 7.69. The first kappa shape index (κ1) is 15.5. The van der Waals surface area contributed by atoms with Gasteiger partial charge < -0.3 is 5.73 Å². The van der Waals surface area contributed by atoms with E-state index in [9.17, 15) is 0 Å². The first-order valence-electron chi connectivity index (χ1n) is 7.95. The highest BCUT2D eigenvalue weighted by atomic mass is 79.9. The first-order chi connectivity index (χ1) is 10.0. The van der Waals surface area contributed by atoms with Gasteiger partial charge in [0.1, 0.15) is 0 Å². The highest BCUT2D eigenvalue weighted by Crippen LogP contribution is 2.39. The lowest BCUT2D eigenvalue weighted by molar-refractivity contribution is 0.120. The summed E-state index contributed by atoms with van der Waals surface area (Å²) in [5.74, 6) is 0. The fourth-order valence-corrected chi connectivity index (χ4v) is 4.23. The number of rotatable bonds is 5. The number of likely N-dealkylation sites (tertiary alicyclic amines) is 1. The Labute approximate surface area is 136 Å². The molecule has 1 aromatic carbocycles. The molecular weight excluding hydrogens is 326 g/mol. The SMILES string of the molecule is CC1CC(CN)(N(C)Cc2cccc(Br)c2)CN1C1CC1. The second-order valence-corrected chi connectivity index (χ2v) is 7.79. The predicted molar refractivity (Wildman–Crippen MR) is 91.2 cm³/mol. The standard InChI is InChI=1S/C17H26BrN3/c1-13-9-17(11-19,12-21(13)16-6-7-16)20(2)10-14-4-3-5-15(18)8-14/h3-5,8,13,16H,6-7,9-12,19H2,1-2H3. The molecule has 116 valence electrons. The molecular formula is C17H26BrN3. The summed E-state index contributed by atoms with van der Waals surface area (Å²) >= 11 is 3.56. The minimum Gasteiger partial charge on any atom is -0.329 e. The van der Waals surface area contributed by atoms with Crippen LogP contribution >= 0.6 is 15.9 Å². The summed E-state index contributed by atoms with van der Waals surface area (Å²) in [6, 6.07) is 10.1.